The van der Waals surface area contributed by atoms with Crippen molar-refractivity contribution in [3.05, 3.63) is 36.0 Å². The van der Waals surface area contributed by atoms with E-state index in [1.54, 1.807) is 6.20 Å². The first kappa shape index (κ1) is 11.7. The number of carbonyl (C=O) groups is 1. The highest BCUT2D eigenvalue weighted by atomic mass is 16.2. The first-order chi connectivity index (χ1) is 9.20. The summed E-state index contributed by atoms with van der Waals surface area (Å²) in [4.78, 5) is 18.3. The molecule has 0 spiro atoms. The van der Waals surface area contributed by atoms with Crippen molar-refractivity contribution < 1.29 is 4.79 Å². The molecule has 1 aromatic carbocycles. The minimum atomic E-state index is 0.0128. The Morgan fingerprint density at radius 2 is 2.26 bits per heavy atom. The molecule has 0 bridgehead atoms. The molecule has 94 valence electrons. The highest BCUT2D eigenvalue weighted by molar-refractivity contribution is 6.05. The van der Waals surface area contributed by atoms with E-state index in [2.05, 4.69) is 10.9 Å². The van der Waals surface area contributed by atoms with Crippen LogP contribution < -0.4 is 4.90 Å². The standard InChI is InChI=1S/C16H14N2O/c1-3-12-9-15(19)18(10-12)16-11(2)6-7-14-13(16)5-4-8-17-14/h1,4-8,12H,9-10H2,2H3. The number of pyridine rings is 1. The van der Waals surface area contributed by atoms with E-state index >= 15 is 0 Å². The van der Waals surface area contributed by atoms with Crippen LogP contribution in [0, 0.1) is 25.2 Å². The van der Waals surface area contributed by atoms with Crippen LogP contribution in [0.4, 0.5) is 5.69 Å². The highest BCUT2D eigenvalue weighted by Gasteiger charge is 2.31. The van der Waals surface area contributed by atoms with Crippen LogP contribution in [-0.2, 0) is 4.79 Å². The van der Waals surface area contributed by atoms with Gasteiger partial charge in [0.2, 0.25) is 5.91 Å². The van der Waals surface area contributed by atoms with E-state index in [9.17, 15) is 4.79 Å². The Balaban J connectivity index is 2.18. The van der Waals surface area contributed by atoms with Crippen LogP contribution in [0.5, 0.6) is 0 Å². The molecule has 0 N–H and O–H groups in total. The number of benzene rings is 1. The lowest BCUT2D eigenvalue weighted by Crippen LogP contribution is -2.25. The number of hydrogen-bond acceptors (Lipinski definition) is 2. The van der Waals surface area contributed by atoms with E-state index in [4.69, 9.17) is 6.42 Å². The molecule has 0 aliphatic carbocycles. The van der Waals surface area contributed by atoms with E-state index in [0.29, 0.717) is 13.0 Å². The Labute approximate surface area is 112 Å². The van der Waals surface area contributed by atoms with Gasteiger partial charge >= 0.3 is 0 Å². The zero-order valence-corrected chi connectivity index (χ0v) is 10.8. The third kappa shape index (κ3) is 1.86. The average Bonchev–Trinajstić information content (AvgIpc) is 2.80. The van der Waals surface area contributed by atoms with Crippen LogP contribution in [-0.4, -0.2) is 17.4 Å². The molecule has 1 atom stereocenters. The molecule has 0 radical (unpaired) electrons. The van der Waals surface area contributed by atoms with E-state index in [1.807, 2.05) is 36.1 Å². The van der Waals surface area contributed by atoms with Gasteiger partial charge in [0.05, 0.1) is 11.2 Å². The minimum absolute atomic E-state index is 0.0128. The zero-order chi connectivity index (χ0) is 13.4. The smallest absolute Gasteiger partial charge is 0.228 e. The highest BCUT2D eigenvalue weighted by Crippen LogP contribution is 2.33. The summed E-state index contributed by atoms with van der Waals surface area (Å²) in [6, 6.07) is 7.88. The maximum absolute atomic E-state index is 12.1. The summed E-state index contributed by atoms with van der Waals surface area (Å²) in [6.45, 7) is 2.61. The number of fused-ring (bicyclic) bond motifs is 1. The van der Waals surface area contributed by atoms with Crippen LogP contribution in [0.1, 0.15) is 12.0 Å². The van der Waals surface area contributed by atoms with Crippen LogP contribution in [0.25, 0.3) is 10.9 Å². The summed E-state index contributed by atoms with van der Waals surface area (Å²) < 4.78 is 0. The molecule has 1 unspecified atom stereocenters. The fourth-order valence-corrected chi connectivity index (χ4v) is 2.64. The van der Waals surface area contributed by atoms with E-state index in [-0.39, 0.29) is 11.8 Å². The van der Waals surface area contributed by atoms with Gasteiger partial charge in [-0.25, -0.2) is 0 Å². The Kier molecular flexibility index (Phi) is 2.72. The largest absolute Gasteiger partial charge is 0.310 e. The summed E-state index contributed by atoms with van der Waals surface area (Å²) >= 11 is 0. The van der Waals surface area contributed by atoms with Gasteiger partial charge in [-0.3, -0.25) is 9.78 Å². The fraction of sp³-hybridized carbons (Fsp3) is 0.250. The second-order valence-corrected chi connectivity index (χ2v) is 4.87. The number of carbonyl (C=O) groups excluding carboxylic acids is 1. The monoisotopic (exact) mass is 250 g/mol. The number of hydrogen-bond donors (Lipinski definition) is 0. The number of aryl methyl sites for hydroxylation is 1. The number of anilines is 1. The molecule has 3 heteroatoms. The topological polar surface area (TPSA) is 33.2 Å². The summed E-state index contributed by atoms with van der Waals surface area (Å²) in [5.41, 5.74) is 2.93. The number of terminal acetylenes is 1. The third-order valence-electron chi connectivity index (χ3n) is 3.59. The van der Waals surface area contributed by atoms with Crippen LogP contribution >= 0.6 is 0 Å². The molecule has 1 amide bonds. The molecule has 0 saturated carbocycles. The van der Waals surface area contributed by atoms with Crippen molar-refractivity contribution in [2.24, 2.45) is 5.92 Å². The average molecular weight is 250 g/mol. The van der Waals surface area contributed by atoms with Crippen LogP contribution in [0.2, 0.25) is 0 Å². The molecular formula is C16H14N2O. The molecule has 2 heterocycles. The fourth-order valence-electron chi connectivity index (χ4n) is 2.64. The Morgan fingerprint density at radius 3 is 3.00 bits per heavy atom. The van der Waals surface area contributed by atoms with Crippen LogP contribution in [0.15, 0.2) is 30.5 Å². The van der Waals surface area contributed by atoms with Gasteiger partial charge in [-0.05, 0) is 30.7 Å². The molecule has 1 aliphatic heterocycles. The van der Waals surface area contributed by atoms with Crippen molar-refractivity contribution in [2.45, 2.75) is 13.3 Å². The van der Waals surface area contributed by atoms with Gasteiger partial charge in [0.1, 0.15) is 0 Å². The van der Waals surface area contributed by atoms with Gasteiger partial charge in [0, 0.05) is 30.5 Å². The number of aromatic nitrogens is 1. The minimum Gasteiger partial charge on any atom is -0.310 e. The molecule has 3 nitrogen and oxygen atoms in total. The second kappa shape index (κ2) is 4.40. The van der Waals surface area contributed by atoms with Crippen molar-refractivity contribution in [3.63, 3.8) is 0 Å². The maximum atomic E-state index is 12.1. The predicted molar refractivity (Wildman–Crippen MR) is 75.8 cm³/mol. The van der Waals surface area contributed by atoms with Crippen LogP contribution in [0.3, 0.4) is 0 Å². The lowest BCUT2D eigenvalue weighted by Gasteiger charge is -2.20. The first-order valence-electron chi connectivity index (χ1n) is 6.31. The van der Waals surface area contributed by atoms with E-state index < -0.39 is 0 Å². The molecule has 1 saturated heterocycles. The molecule has 1 fully saturated rings. The van der Waals surface area contributed by atoms with Crippen molar-refractivity contribution >= 4 is 22.5 Å². The number of rotatable bonds is 1. The maximum Gasteiger partial charge on any atom is 0.228 e. The van der Waals surface area contributed by atoms with Gasteiger partial charge in [-0.15, -0.1) is 12.3 Å². The number of amides is 1. The summed E-state index contributed by atoms with van der Waals surface area (Å²) in [7, 11) is 0. The van der Waals surface area contributed by atoms with Gasteiger partial charge in [-0.1, -0.05) is 6.07 Å². The zero-order valence-electron chi connectivity index (χ0n) is 10.8. The molecule has 2 aromatic rings. The van der Waals surface area contributed by atoms with Gasteiger partial charge < -0.3 is 4.90 Å². The van der Waals surface area contributed by atoms with Gasteiger partial charge in [0.15, 0.2) is 0 Å². The summed E-state index contributed by atoms with van der Waals surface area (Å²) in [5.74, 6) is 2.80. The summed E-state index contributed by atoms with van der Waals surface area (Å²) in [5, 5.41) is 1.01. The SMILES string of the molecule is C#CC1CC(=O)N(c2c(C)ccc3ncccc23)C1. The number of nitrogens with zero attached hydrogens (tertiary/aromatic N) is 2. The molecule has 19 heavy (non-hydrogen) atoms. The molecule has 3 rings (SSSR count). The van der Waals surface area contributed by atoms with Crippen molar-refractivity contribution in [3.8, 4) is 12.3 Å². The van der Waals surface area contributed by atoms with Crippen molar-refractivity contribution in [2.75, 3.05) is 11.4 Å². The van der Waals surface area contributed by atoms with E-state index in [0.717, 1.165) is 22.2 Å². The lowest BCUT2D eigenvalue weighted by molar-refractivity contribution is -0.117. The Hall–Kier alpha value is -2.34. The Bertz CT molecular complexity index is 699. The quantitative estimate of drug-likeness (QED) is 0.729. The van der Waals surface area contributed by atoms with Gasteiger partial charge in [0.25, 0.3) is 0 Å². The van der Waals surface area contributed by atoms with Crippen molar-refractivity contribution in [1.29, 1.82) is 0 Å². The lowest BCUT2D eigenvalue weighted by atomic mass is 10.1. The summed E-state index contributed by atoms with van der Waals surface area (Å²) in [6.07, 6.45) is 7.64. The Morgan fingerprint density at radius 1 is 1.42 bits per heavy atom. The normalized spacial score (nSPS) is 18.8. The van der Waals surface area contributed by atoms with Crippen molar-refractivity contribution in [1.82, 2.24) is 4.98 Å². The predicted octanol–water partition coefficient (Wildman–Crippen LogP) is 2.53. The van der Waals surface area contributed by atoms with E-state index in [1.165, 1.54) is 0 Å². The third-order valence-corrected chi connectivity index (χ3v) is 3.59. The molecule has 1 aliphatic rings. The van der Waals surface area contributed by atoms with Gasteiger partial charge in [-0.2, -0.15) is 0 Å². The first-order valence-corrected chi connectivity index (χ1v) is 6.31. The molecule has 1 aromatic heterocycles. The molecular weight excluding hydrogens is 236 g/mol. The second-order valence-electron chi connectivity index (χ2n) is 4.87.